The van der Waals surface area contributed by atoms with Crippen molar-refractivity contribution in [3.63, 3.8) is 0 Å². The fourth-order valence-electron chi connectivity index (χ4n) is 5.24. The molecule has 0 bridgehead atoms. The Labute approximate surface area is 200 Å². The van der Waals surface area contributed by atoms with Crippen LogP contribution in [0.1, 0.15) is 56.3 Å². The number of rotatable bonds is 4. The molecule has 1 aliphatic carbocycles. The van der Waals surface area contributed by atoms with Gasteiger partial charge in [-0.05, 0) is 44.9 Å². The Kier molecular flexibility index (Phi) is 5.13. The van der Waals surface area contributed by atoms with Gasteiger partial charge in [-0.1, -0.05) is 30.5 Å². The lowest BCUT2D eigenvalue weighted by Crippen LogP contribution is -2.34. The third-order valence-electron chi connectivity index (χ3n) is 6.71. The van der Waals surface area contributed by atoms with E-state index in [2.05, 4.69) is 15.0 Å². The normalized spacial score (nSPS) is 30.5. The Morgan fingerprint density at radius 1 is 1.15 bits per heavy atom. The van der Waals surface area contributed by atoms with E-state index < -0.39 is 17.6 Å². The second-order valence-electron chi connectivity index (χ2n) is 9.47. The first-order valence-corrected chi connectivity index (χ1v) is 12.4. The van der Waals surface area contributed by atoms with E-state index >= 15 is 0 Å². The molecular formula is C23H26ClN5O3S. The molecule has 1 saturated carbocycles. The van der Waals surface area contributed by atoms with Crippen LogP contribution in [-0.4, -0.2) is 43.6 Å². The molecule has 3 fully saturated rings. The first kappa shape index (κ1) is 21.6. The molecule has 5 heterocycles. The topological polar surface area (TPSA) is 97.3 Å². The smallest absolute Gasteiger partial charge is 0.166 e. The van der Waals surface area contributed by atoms with E-state index in [-0.39, 0.29) is 18.3 Å². The number of ether oxygens (including phenoxy) is 3. The van der Waals surface area contributed by atoms with E-state index in [1.165, 1.54) is 11.3 Å². The Morgan fingerprint density at radius 3 is 2.70 bits per heavy atom. The van der Waals surface area contributed by atoms with Crippen LogP contribution in [0.25, 0.3) is 17.2 Å². The molecule has 0 spiro atoms. The molecule has 0 aromatic carbocycles. The Hall–Kier alpha value is -1.88. The van der Waals surface area contributed by atoms with Crippen molar-refractivity contribution in [3.8, 4) is 0 Å². The summed E-state index contributed by atoms with van der Waals surface area (Å²) in [5, 5.41) is 0. The van der Waals surface area contributed by atoms with E-state index in [9.17, 15) is 0 Å². The third-order valence-corrected chi connectivity index (χ3v) is 7.91. The minimum Gasteiger partial charge on any atom is -0.345 e. The molecule has 10 heteroatoms. The van der Waals surface area contributed by atoms with Crippen molar-refractivity contribution in [2.45, 2.75) is 75.4 Å². The maximum atomic E-state index is 6.72. The molecule has 8 nitrogen and oxygen atoms in total. The van der Waals surface area contributed by atoms with Crippen LogP contribution in [0.4, 0.5) is 0 Å². The molecule has 2 aliphatic heterocycles. The highest BCUT2D eigenvalue weighted by Gasteiger charge is 2.55. The van der Waals surface area contributed by atoms with E-state index in [1.807, 2.05) is 42.7 Å². The summed E-state index contributed by atoms with van der Waals surface area (Å²) in [4.78, 5) is 14.8. The van der Waals surface area contributed by atoms with Gasteiger partial charge in [0.1, 0.15) is 30.2 Å². The van der Waals surface area contributed by atoms with Gasteiger partial charge in [0.25, 0.3) is 0 Å². The molecule has 3 aliphatic rings. The van der Waals surface area contributed by atoms with Crippen LogP contribution in [0, 0.1) is 0 Å². The molecule has 2 N–H and O–H groups in total. The van der Waals surface area contributed by atoms with Crippen LogP contribution in [-0.2, 0) is 19.7 Å². The molecule has 4 atom stereocenters. The SMILES string of the molecule is CC1(C)O[C@@H]2[C@H](O1)[C@@H](C=Cc1ccc(Cl)s1)O[C@H]2n1cnc2c(C3(N)CCCC3)ncnc21. The van der Waals surface area contributed by atoms with Gasteiger partial charge >= 0.3 is 0 Å². The summed E-state index contributed by atoms with van der Waals surface area (Å²) < 4.78 is 21.6. The molecule has 174 valence electrons. The third kappa shape index (κ3) is 3.71. The summed E-state index contributed by atoms with van der Waals surface area (Å²) in [7, 11) is 0. The van der Waals surface area contributed by atoms with Crippen LogP contribution < -0.4 is 5.73 Å². The van der Waals surface area contributed by atoms with Gasteiger partial charge in [-0.2, -0.15) is 0 Å². The van der Waals surface area contributed by atoms with E-state index in [1.54, 1.807) is 12.7 Å². The van der Waals surface area contributed by atoms with Gasteiger partial charge in [-0.15, -0.1) is 11.3 Å². The number of nitrogens with zero attached hydrogens (tertiary/aromatic N) is 4. The zero-order valence-electron chi connectivity index (χ0n) is 18.5. The average Bonchev–Trinajstić information content (AvgIpc) is 3.57. The zero-order chi connectivity index (χ0) is 22.8. The van der Waals surface area contributed by atoms with E-state index in [0.29, 0.717) is 5.65 Å². The molecule has 2 saturated heterocycles. The average molecular weight is 488 g/mol. The second-order valence-corrected chi connectivity index (χ2v) is 11.2. The van der Waals surface area contributed by atoms with Crippen molar-refractivity contribution in [1.29, 1.82) is 0 Å². The monoisotopic (exact) mass is 487 g/mol. The number of thiophene rings is 1. The molecule has 3 aromatic heterocycles. The fraction of sp³-hybridized carbons (Fsp3) is 0.522. The lowest BCUT2D eigenvalue weighted by atomic mass is 9.94. The number of hydrogen-bond donors (Lipinski definition) is 1. The van der Waals surface area contributed by atoms with Crippen molar-refractivity contribution < 1.29 is 14.2 Å². The molecule has 0 unspecified atom stereocenters. The standard InChI is InChI=1S/C23H26ClN5O3S/c1-22(2)31-17-14(7-5-13-6-8-15(24)33-13)30-21(18(17)32-22)29-12-28-16-19(26-11-27-20(16)29)23(25)9-3-4-10-23/h5-8,11-12,14,17-18,21H,3-4,9-10,25H2,1-2H3/t14-,17-,18-,21-/m1/s1. The van der Waals surface area contributed by atoms with Gasteiger partial charge < -0.3 is 19.9 Å². The summed E-state index contributed by atoms with van der Waals surface area (Å²) >= 11 is 7.59. The van der Waals surface area contributed by atoms with Gasteiger partial charge in [0, 0.05) is 4.88 Å². The number of halogens is 1. The number of aromatic nitrogens is 4. The molecular weight excluding hydrogens is 462 g/mol. The summed E-state index contributed by atoms with van der Waals surface area (Å²) in [5.74, 6) is -0.711. The Morgan fingerprint density at radius 2 is 1.94 bits per heavy atom. The highest BCUT2D eigenvalue weighted by Crippen LogP contribution is 2.45. The summed E-state index contributed by atoms with van der Waals surface area (Å²) in [6, 6.07) is 3.87. The van der Waals surface area contributed by atoms with E-state index in [0.717, 1.165) is 46.1 Å². The molecule has 0 radical (unpaired) electrons. The van der Waals surface area contributed by atoms with Gasteiger partial charge in [-0.25, -0.2) is 15.0 Å². The zero-order valence-corrected chi connectivity index (χ0v) is 20.1. The summed E-state index contributed by atoms with van der Waals surface area (Å²) in [6.07, 6.45) is 10.1. The summed E-state index contributed by atoms with van der Waals surface area (Å²) in [5.41, 5.74) is 8.50. The number of hydrogen-bond acceptors (Lipinski definition) is 8. The number of nitrogens with two attached hydrogens (primary N) is 1. The maximum absolute atomic E-state index is 6.72. The van der Waals surface area contributed by atoms with Gasteiger partial charge in [-0.3, -0.25) is 4.57 Å². The summed E-state index contributed by atoms with van der Waals surface area (Å²) in [6.45, 7) is 3.85. The maximum Gasteiger partial charge on any atom is 0.166 e. The van der Waals surface area contributed by atoms with Gasteiger partial charge in [0.05, 0.1) is 21.9 Å². The van der Waals surface area contributed by atoms with Crippen molar-refractivity contribution in [2.75, 3.05) is 0 Å². The molecule has 33 heavy (non-hydrogen) atoms. The van der Waals surface area contributed by atoms with Crippen LogP contribution in [0.5, 0.6) is 0 Å². The van der Waals surface area contributed by atoms with Gasteiger partial charge in [0.15, 0.2) is 17.7 Å². The lowest BCUT2D eigenvalue weighted by Gasteiger charge is -2.24. The number of fused-ring (bicyclic) bond motifs is 2. The molecule has 0 amide bonds. The van der Waals surface area contributed by atoms with Crippen LogP contribution in [0.3, 0.4) is 0 Å². The quantitative estimate of drug-likeness (QED) is 0.582. The highest BCUT2D eigenvalue weighted by atomic mass is 35.5. The van der Waals surface area contributed by atoms with Crippen molar-refractivity contribution in [1.82, 2.24) is 19.5 Å². The molecule has 3 aromatic rings. The van der Waals surface area contributed by atoms with E-state index in [4.69, 9.17) is 31.5 Å². The first-order valence-electron chi connectivity index (χ1n) is 11.2. The number of imidazole rings is 1. The molecule has 6 rings (SSSR count). The minimum atomic E-state index is -0.711. The van der Waals surface area contributed by atoms with Crippen molar-refractivity contribution in [2.24, 2.45) is 5.73 Å². The highest BCUT2D eigenvalue weighted by molar-refractivity contribution is 7.16. The van der Waals surface area contributed by atoms with Crippen LogP contribution >= 0.6 is 22.9 Å². The van der Waals surface area contributed by atoms with Crippen LogP contribution in [0.2, 0.25) is 4.34 Å². The predicted molar refractivity (Wildman–Crippen MR) is 126 cm³/mol. The largest absolute Gasteiger partial charge is 0.345 e. The van der Waals surface area contributed by atoms with Gasteiger partial charge in [0.2, 0.25) is 0 Å². The lowest BCUT2D eigenvalue weighted by molar-refractivity contribution is -0.191. The predicted octanol–water partition coefficient (Wildman–Crippen LogP) is 4.40. The Balaban J connectivity index is 1.36. The van der Waals surface area contributed by atoms with Crippen LogP contribution in [0.15, 0.2) is 30.9 Å². The van der Waals surface area contributed by atoms with Crippen molar-refractivity contribution >= 4 is 40.2 Å². The Bertz CT molecular complexity index is 1220. The fourth-order valence-corrected chi connectivity index (χ4v) is 6.21. The van der Waals surface area contributed by atoms with Crippen molar-refractivity contribution in [3.05, 3.63) is 45.8 Å². The minimum absolute atomic E-state index is 0.258. The first-order chi connectivity index (χ1) is 15.8. The second kappa shape index (κ2) is 7.83.